The van der Waals surface area contributed by atoms with Crippen molar-refractivity contribution in [2.75, 3.05) is 0 Å². The summed E-state index contributed by atoms with van der Waals surface area (Å²) >= 11 is 0. The molecule has 4 atom stereocenters. The molecule has 4 aromatic carbocycles. The van der Waals surface area contributed by atoms with Crippen LogP contribution in [-0.4, -0.2) is 94.8 Å². The average Bonchev–Trinajstić information content (AvgIpc) is 0.836. The number of carbonyl (C=O) groups excluding carboxylic acids is 8. The lowest BCUT2D eigenvalue weighted by Crippen LogP contribution is -2.44. The number of aromatic nitrogens is 1. The molecule has 0 unspecified atom stereocenters. The summed E-state index contributed by atoms with van der Waals surface area (Å²) in [6.45, 7) is 20.9. The number of esters is 4. The van der Waals surface area contributed by atoms with E-state index < -0.39 is 94.8 Å². The number of carbonyl (C=O) groups is 8. The number of hydrogen-bond donors (Lipinski definition) is 4. The normalized spacial score (nSPS) is 12.7. The molecule has 0 bridgehead atoms. The van der Waals surface area contributed by atoms with Gasteiger partial charge in [-0.2, -0.15) is 4.57 Å². The monoisotopic (exact) mass is 1340 g/mol. The van der Waals surface area contributed by atoms with Crippen molar-refractivity contribution < 1.29 is 80.8 Å². The summed E-state index contributed by atoms with van der Waals surface area (Å²) in [5, 5.41) is 10.8. The number of rotatable bonds is 32. The first kappa shape index (κ1) is 78.2. The van der Waals surface area contributed by atoms with Crippen LogP contribution in [0.1, 0.15) is 186 Å². The van der Waals surface area contributed by atoms with Gasteiger partial charge in [0.15, 0.2) is 6.20 Å². The Balaban J connectivity index is 1.54. The van der Waals surface area contributed by atoms with Crippen LogP contribution in [0.15, 0.2) is 134 Å². The quantitative estimate of drug-likeness (QED) is 0.0103. The van der Waals surface area contributed by atoms with Crippen LogP contribution in [0.5, 0.6) is 0 Å². The molecule has 4 amide bonds. The highest BCUT2D eigenvalue weighted by Gasteiger charge is 2.31. The van der Waals surface area contributed by atoms with E-state index in [1.807, 2.05) is 138 Å². The highest BCUT2D eigenvalue weighted by atomic mass is 16.6. The molecule has 0 aliphatic carbocycles. The predicted molar refractivity (Wildman–Crippen MR) is 365 cm³/mol. The van der Waals surface area contributed by atoms with Crippen LogP contribution in [0, 0.1) is 11.8 Å². The van der Waals surface area contributed by atoms with Crippen molar-refractivity contribution in [3.8, 4) is 11.8 Å². The van der Waals surface area contributed by atoms with Gasteiger partial charge in [-0.3, -0.25) is 0 Å². The topological polar surface area (TPSA) is 262 Å². The van der Waals surface area contributed by atoms with E-state index in [1.54, 1.807) is 83.1 Å². The van der Waals surface area contributed by atoms with Crippen LogP contribution < -0.4 is 25.8 Å². The Bertz CT molecular complexity index is 3260. The molecule has 0 aliphatic rings. The summed E-state index contributed by atoms with van der Waals surface area (Å²) in [4.78, 5) is 108. The van der Waals surface area contributed by atoms with Crippen LogP contribution in [0.25, 0.3) is 0 Å². The van der Waals surface area contributed by atoms with Crippen molar-refractivity contribution in [2.24, 2.45) is 0 Å². The third-order valence-corrected chi connectivity index (χ3v) is 14.1. The maximum Gasteiger partial charge on any atom is 0.408 e. The van der Waals surface area contributed by atoms with Crippen LogP contribution in [0.4, 0.5) is 19.2 Å². The van der Waals surface area contributed by atoms with E-state index in [9.17, 15) is 38.4 Å². The minimum Gasteiger partial charge on any atom is -0.459 e. The molecule has 0 fully saturated rings. The van der Waals surface area contributed by atoms with Crippen LogP contribution in [0.3, 0.4) is 0 Å². The summed E-state index contributed by atoms with van der Waals surface area (Å²) in [6, 6.07) is 34.2. The number of benzene rings is 4. The van der Waals surface area contributed by atoms with Gasteiger partial charge in [0.2, 0.25) is 0 Å². The molecule has 0 spiro atoms. The van der Waals surface area contributed by atoms with E-state index in [2.05, 4.69) is 33.1 Å². The first-order valence-corrected chi connectivity index (χ1v) is 33.2. The third kappa shape index (κ3) is 32.7. The van der Waals surface area contributed by atoms with Crippen molar-refractivity contribution in [3.05, 3.63) is 173 Å². The van der Waals surface area contributed by atoms with E-state index in [-0.39, 0.29) is 52.1 Å². The molecule has 524 valence electrons. The largest absolute Gasteiger partial charge is 0.459 e. The van der Waals surface area contributed by atoms with Gasteiger partial charge in [0.25, 0.3) is 5.69 Å². The Morgan fingerprint density at radius 2 is 0.680 bits per heavy atom. The molecule has 97 heavy (non-hydrogen) atoms. The molecule has 0 aliphatic heterocycles. The molecule has 0 radical (unpaired) electrons. The fourth-order valence-corrected chi connectivity index (χ4v) is 9.70. The molecule has 5 aromatic rings. The molecule has 21 heteroatoms. The van der Waals surface area contributed by atoms with E-state index >= 15 is 0 Å². The SMILES string of the molecule is CC(C)(C)OC(=O)N[C@@H](CC#Cc1c(CCCC[C@H](NC(=O)OC(C)(C)C)C(=O)OCc2ccccc2)cc(CCCC[C@H](NC(=O)OC(C)(C)C)C(=O)OCc2ccccc2)c[n+]1CCCC[C@H](NC(=O)OC(C)(C)C)C(=O)OCc1ccccc1)C(=O)OCc1ccccc1. The van der Waals surface area contributed by atoms with E-state index in [0.717, 1.165) is 33.4 Å². The lowest BCUT2D eigenvalue weighted by Gasteiger charge is -2.23. The standard InChI is InChI=1S/C76H99N5O16/c1-73(2,3)94-69(86)77-60(65(82)90-50-54-32-17-13-18-33-54)42-27-25-40-58-48-59(41-26-28-43-61(78-70(87)95-74(4,5)6)66(83)91-51-55-34-19-14-20-35-55)64(46-31-45-63(80-72(89)97-76(10,11)12)68(85)93-53-57-38-23-16-24-39-57)81(49-58)47-30-29-44-62(79-71(88)96-75(7,8)9)67(84)92-52-56-36-21-15-22-37-56/h13-24,32-39,48-49,60-63H,25-30,40-45,47,50-53H2,1-12H3,(H3-,77,78,79,80,86,87,88,89)/p+1/t60-,61-,62-,63-/m0/s1. The number of unbranched alkanes of at least 4 members (excludes halogenated alkanes) is 3. The van der Waals surface area contributed by atoms with Gasteiger partial charge in [0.05, 0.1) is 0 Å². The van der Waals surface area contributed by atoms with Gasteiger partial charge >= 0.3 is 48.3 Å². The van der Waals surface area contributed by atoms with Crippen LogP contribution >= 0.6 is 0 Å². The molecule has 4 N–H and O–H groups in total. The Kier molecular flexibility index (Phi) is 31.4. The highest BCUT2D eigenvalue weighted by Crippen LogP contribution is 2.20. The number of nitrogens with zero attached hydrogens (tertiary/aromatic N) is 1. The van der Waals surface area contributed by atoms with Gasteiger partial charge < -0.3 is 59.2 Å². The fraction of sp³-hybridized carbons (Fsp3) is 0.487. The minimum absolute atomic E-state index is 0.00194. The molecule has 21 nitrogen and oxygen atoms in total. The lowest BCUT2D eigenvalue weighted by atomic mass is 9.98. The molecule has 1 heterocycles. The zero-order chi connectivity index (χ0) is 71.0. The smallest absolute Gasteiger partial charge is 0.408 e. The molecular formula is C76H100N5O16+. The Morgan fingerprint density at radius 1 is 0.381 bits per heavy atom. The van der Waals surface area contributed by atoms with Crippen LogP contribution in [0.2, 0.25) is 0 Å². The van der Waals surface area contributed by atoms with E-state index in [4.69, 9.17) is 37.9 Å². The van der Waals surface area contributed by atoms with Crippen molar-refractivity contribution in [3.63, 3.8) is 0 Å². The first-order valence-electron chi connectivity index (χ1n) is 33.2. The van der Waals surface area contributed by atoms with Gasteiger partial charge in [0, 0.05) is 29.9 Å². The third-order valence-electron chi connectivity index (χ3n) is 14.1. The van der Waals surface area contributed by atoms with Crippen molar-refractivity contribution >= 4 is 48.3 Å². The second-order valence-electron chi connectivity index (χ2n) is 27.6. The number of amides is 4. The van der Waals surface area contributed by atoms with E-state index in [0.29, 0.717) is 63.6 Å². The Labute approximate surface area is 572 Å². The summed E-state index contributed by atoms with van der Waals surface area (Å²) < 4.78 is 47.2. The average molecular weight is 1340 g/mol. The van der Waals surface area contributed by atoms with Gasteiger partial charge in [-0.05, 0) is 163 Å². The minimum atomic E-state index is -1.27. The molecule has 1 aromatic heterocycles. The van der Waals surface area contributed by atoms with Crippen molar-refractivity contribution in [1.29, 1.82) is 0 Å². The van der Waals surface area contributed by atoms with E-state index in [1.165, 1.54) is 0 Å². The molecule has 0 saturated carbocycles. The highest BCUT2D eigenvalue weighted by molar-refractivity contribution is 5.83. The molecule has 0 saturated heterocycles. The van der Waals surface area contributed by atoms with Gasteiger partial charge in [0.1, 0.15) is 79.5 Å². The predicted octanol–water partition coefficient (Wildman–Crippen LogP) is 12.9. The maximum atomic E-state index is 13.9. The van der Waals surface area contributed by atoms with Gasteiger partial charge in [-0.1, -0.05) is 140 Å². The zero-order valence-corrected chi connectivity index (χ0v) is 58.5. The Morgan fingerprint density at radius 3 is 1.01 bits per heavy atom. The maximum absolute atomic E-state index is 13.9. The fourth-order valence-electron chi connectivity index (χ4n) is 9.70. The Hall–Kier alpha value is -9.45. The summed E-state index contributed by atoms with van der Waals surface area (Å²) in [5.41, 5.74) is 1.81. The van der Waals surface area contributed by atoms with Crippen molar-refractivity contribution in [2.45, 2.75) is 240 Å². The van der Waals surface area contributed by atoms with Crippen molar-refractivity contribution in [1.82, 2.24) is 21.3 Å². The van der Waals surface area contributed by atoms with Gasteiger partial charge in [-0.25, -0.2) is 38.4 Å². The summed E-state index contributed by atoms with van der Waals surface area (Å²) in [7, 11) is 0. The lowest BCUT2D eigenvalue weighted by molar-refractivity contribution is -0.700. The van der Waals surface area contributed by atoms with Crippen LogP contribution in [-0.2, 0) is 103 Å². The number of nitrogens with one attached hydrogen (secondary N) is 4. The number of alkyl carbamates (subject to hydrolysis) is 4. The zero-order valence-electron chi connectivity index (χ0n) is 58.5. The first-order chi connectivity index (χ1) is 45.9. The van der Waals surface area contributed by atoms with Gasteiger partial charge in [-0.15, -0.1) is 0 Å². The summed E-state index contributed by atoms with van der Waals surface area (Å²) in [5.74, 6) is 3.89. The molecular weight excluding hydrogens is 1240 g/mol. The summed E-state index contributed by atoms with van der Waals surface area (Å²) in [6.07, 6.45) is 2.75. The number of ether oxygens (including phenoxy) is 8. The number of aryl methyl sites for hydroxylation is 3. The second-order valence-corrected chi connectivity index (χ2v) is 27.6. The second kappa shape index (κ2) is 38.9. The number of hydrogen-bond acceptors (Lipinski definition) is 16. The number of pyridine rings is 1. The molecule has 5 rings (SSSR count).